The first kappa shape index (κ1) is 13.1. The summed E-state index contributed by atoms with van der Waals surface area (Å²) < 4.78 is 4.89. The Morgan fingerprint density at radius 1 is 1.50 bits per heavy atom. The van der Waals surface area contributed by atoms with Crippen LogP contribution in [0.4, 0.5) is 0 Å². The number of ether oxygens (including phenoxy) is 1. The maximum absolute atomic E-state index is 11.1. The monoisotopic (exact) mass is 200 g/mol. The standard InChI is InChI=1S/C10H20N2O2/c1-3-6-12-10(13)5-8-11-7-4-9-14-2/h3,11H,1,4-9H2,2H3,(H,12,13). The maximum Gasteiger partial charge on any atom is 0.221 e. The number of hydrogen-bond donors (Lipinski definition) is 2. The van der Waals surface area contributed by atoms with Crippen molar-refractivity contribution in [3.05, 3.63) is 12.7 Å². The van der Waals surface area contributed by atoms with Gasteiger partial charge in [0.1, 0.15) is 0 Å². The van der Waals surface area contributed by atoms with E-state index in [0.717, 1.165) is 19.6 Å². The molecule has 0 aromatic carbocycles. The van der Waals surface area contributed by atoms with Gasteiger partial charge >= 0.3 is 0 Å². The largest absolute Gasteiger partial charge is 0.385 e. The molecule has 0 unspecified atom stereocenters. The fourth-order valence-electron chi connectivity index (χ4n) is 0.943. The van der Waals surface area contributed by atoms with E-state index in [-0.39, 0.29) is 5.91 Å². The van der Waals surface area contributed by atoms with Gasteiger partial charge in [0, 0.05) is 33.2 Å². The summed E-state index contributed by atoms with van der Waals surface area (Å²) >= 11 is 0. The van der Waals surface area contributed by atoms with Crippen molar-refractivity contribution < 1.29 is 9.53 Å². The molecule has 1 amide bonds. The van der Waals surface area contributed by atoms with E-state index in [9.17, 15) is 4.79 Å². The normalized spacial score (nSPS) is 9.79. The van der Waals surface area contributed by atoms with E-state index in [1.165, 1.54) is 0 Å². The summed E-state index contributed by atoms with van der Waals surface area (Å²) in [6.45, 7) is 6.43. The molecule has 0 aromatic rings. The lowest BCUT2D eigenvalue weighted by atomic mass is 10.3. The lowest BCUT2D eigenvalue weighted by Crippen LogP contribution is -2.28. The van der Waals surface area contributed by atoms with Crippen LogP contribution in [0.3, 0.4) is 0 Å². The van der Waals surface area contributed by atoms with E-state index in [1.54, 1.807) is 13.2 Å². The molecular formula is C10H20N2O2. The molecular weight excluding hydrogens is 180 g/mol. The first-order chi connectivity index (χ1) is 6.81. The highest BCUT2D eigenvalue weighted by atomic mass is 16.5. The van der Waals surface area contributed by atoms with Gasteiger partial charge < -0.3 is 15.4 Å². The lowest BCUT2D eigenvalue weighted by Gasteiger charge is -2.04. The van der Waals surface area contributed by atoms with Crippen molar-refractivity contribution in [3.8, 4) is 0 Å². The molecule has 4 nitrogen and oxygen atoms in total. The predicted molar refractivity (Wildman–Crippen MR) is 57.2 cm³/mol. The van der Waals surface area contributed by atoms with Crippen LogP contribution in [0.2, 0.25) is 0 Å². The number of carbonyl (C=O) groups excluding carboxylic acids is 1. The molecule has 0 saturated carbocycles. The molecule has 2 N–H and O–H groups in total. The third kappa shape index (κ3) is 9.22. The molecule has 82 valence electrons. The third-order valence-electron chi connectivity index (χ3n) is 1.67. The van der Waals surface area contributed by atoms with E-state index in [1.807, 2.05) is 0 Å². The van der Waals surface area contributed by atoms with Crippen molar-refractivity contribution in [2.45, 2.75) is 12.8 Å². The van der Waals surface area contributed by atoms with Crippen LogP contribution >= 0.6 is 0 Å². The minimum atomic E-state index is 0.0594. The average molecular weight is 200 g/mol. The maximum atomic E-state index is 11.1. The number of rotatable bonds is 9. The number of nitrogens with one attached hydrogen (secondary N) is 2. The highest BCUT2D eigenvalue weighted by Gasteiger charge is 1.97. The molecule has 0 aliphatic rings. The predicted octanol–water partition coefficient (Wildman–Crippen LogP) is 0.305. The van der Waals surface area contributed by atoms with Crippen molar-refractivity contribution in [1.29, 1.82) is 0 Å². The lowest BCUT2D eigenvalue weighted by molar-refractivity contribution is -0.120. The Kier molecular flexibility index (Phi) is 9.58. The van der Waals surface area contributed by atoms with E-state index in [4.69, 9.17) is 4.74 Å². The molecule has 0 bridgehead atoms. The first-order valence-electron chi connectivity index (χ1n) is 4.88. The van der Waals surface area contributed by atoms with Crippen LogP contribution in [0.15, 0.2) is 12.7 Å². The van der Waals surface area contributed by atoms with E-state index < -0.39 is 0 Å². The van der Waals surface area contributed by atoms with Gasteiger partial charge in [-0.3, -0.25) is 4.79 Å². The molecule has 0 radical (unpaired) electrons. The van der Waals surface area contributed by atoms with Crippen molar-refractivity contribution in [2.24, 2.45) is 0 Å². The average Bonchev–Trinajstić information content (AvgIpc) is 2.20. The highest BCUT2D eigenvalue weighted by molar-refractivity contribution is 5.76. The quantitative estimate of drug-likeness (QED) is 0.416. The van der Waals surface area contributed by atoms with Gasteiger partial charge in [0.05, 0.1) is 0 Å². The second kappa shape index (κ2) is 10.2. The van der Waals surface area contributed by atoms with Crippen LogP contribution in [0.5, 0.6) is 0 Å². The summed E-state index contributed by atoms with van der Waals surface area (Å²) in [5.41, 5.74) is 0. The molecule has 0 rings (SSSR count). The van der Waals surface area contributed by atoms with Crippen molar-refractivity contribution in [3.63, 3.8) is 0 Å². The Balaban J connectivity index is 3.10. The molecule has 0 saturated heterocycles. The molecule has 4 heteroatoms. The fraction of sp³-hybridized carbons (Fsp3) is 0.700. The van der Waals surface area contributed by atoms with Crippen LogP contribution in [-0.4, -0.2) is 39.3 Å². The molecule has 0 aliphatic heterocycles. The van der Waals surface area contributed by atoms with E-state index in [0.29, 0.717) is 19.5 Å². The minimum absolute atomic E-state index is 0.0594. The third-order valence-corrected chi connectivity index (χ3v) is 1.67. The number of hydrogen-bond acceptors (Lipinski definition) is 3. The fourth-order valence-corrected chi connectivity index (χ4v) is 0.943. The summed E-state index contributed by atoms with van der Waals surface area (Å²) in [5.74, 6) is 0.0594. The second-order valence-electron chi connectivity index (χ2n) is 2.94. The van der Waals surface area contributed by atoms with Crippen molar-refractivity contribution >= 4 is 5.91 Å². The topological polar surface area (TPSA) is 50.4 Å². The molecule has 0 aliphatic carbocycles. The van der Waals surface area contributed by atoms with E-state index in [2.05, 4.69) is 17.2 Å². The first-order valence-corrected chi connectivity index (χ1v) is 4.88. The van der Waals surface area contributed by atoms with Crippen molar-refractivity contribution in [2.75, 3.05) is 33.4 Å². The summed E-state index contributed by atoms with van der Waals surface area (Å²) in [6, 6.07) is 0. The Bertz CT molecular complexity index is 160. The minimum Gasteiger partial charge on any atom is -0.385 e. The molecule has 0 heterocycles. The number of methoxy groups -OCH3 is 1. The summed E-state index contributed by atoms with van der Waals surface area (Å²) in [5, 5.41) is 5.87. The van der Waals surface area contributed by atoms with Gasteiger partial charge in [-0.1, -0.05) is 6.08 Å². The second-order valence-corrected chi connectivity index (χ2v) is 2.94. The van der Waals surface area contributed by atoms with Gasteiger partial charge in [0.2, 0.25) is 5.91 Å². The van der Waals surface area contributed by atoms with Gasteiger partial charge in [-0.25, -0.2) is 0 Å². The van der Waals surface area contributed by atoms with E-state index >= 15 is 0 Å². The molecule has 0 fully saturated rings. The van der Waals surface area contributed by atoms with Gasteiger partial charge in [-0.05, 0) is 13.0 Å². The molecule has 0 atom stereocenters. The van der Waals surface area contributed by atoms with Crippen LogP contribution in [-0.2, 0) is 9.53 Å². The zero-order valence-corrected chi connectivity index (χ0v) is 8.84. The smallest absolute Gasteiger partial charge is 0.221 e. The zero-order valence-electron chi connectivity index (χ0n) is 8.84. The summed E-state index contributed by atoms with van der Waals surface area (Å²) in [7, 11) is 1.68. The summed E-state index contributed by atoms with van der Waals surface area (Å²) in [4.78, 5) is 11.1. The number of carbonyl (C=O) groups is 1. The van der Waals surface area contributed by atoms with Gasteiger partial charge in [-0.2, -0.15) is 0 Å². The molecule has 14 heavy (non-hydrogen) atoms. The Morgan fingerprint density at radius 2 is 2.29 bits per heavy atom. The van der Waals surface area contributed by atoms with Crippen molar-refractivity contribution in [1.82, 2.24) is 10.6 Å². The summed E-state index contributed by atoms with van der Waals surface area (Å²) in [6.07, 6.45) is 3.16. The van der Waals surface area contributed by atoms with Crippen LogP contribution < -0.4 is 10.6 Å². The van der Waals surface area contributed by atoms with Crippen LogP contribution in [0, 0.1) is 0 Å². The van der Waals surface area contributed by atoms with Crippen LogP contribution in [0.1, 0.15) is 12.8 Å². The van der Waals surface area contributed by atoms with Gasteiger partial charge in [0.25, 0.3) is 0 Å². The Hall–Kier alpha value is -0.870. The van der Waals surface area contributed by atoms with Gasteiger partial charge in [0.15, 0.2) is 0 Å². The Labute approximate surface area is 85.7 Å². The molecule has 0 aromatic heterocycles. The van der Waals surface area contributed by atoms with Gasteiger partial charge in [-0.15, -0.1) is 6.58 Å². The number of amides is 1. The zero-order chi connectivity index (χ0) is 10.6. The molecule has 0 spiro atoms. The SMILES string of the molecule is C=CCNC(=O)CCNCCCOC. The Morgan fingerprint density at radius 3 is 2.93 bits per heavy atom. The van der Waals surface area contributed by atoms with Crippen LogP contribution in [0.25, 0.3) is 0 Å². The highest BCUT2D eigenvalue weighted by Crippen LogP contribution is 1.80.